The first-order valence-corrected chi connectivity index (χ1v) is 11.3. The molecule has 0 amide bonds. The summed E-state index contributed by atoms with van der Waals surface area (Å²) in [6, 6.07) is 32.2. The van der Waals surface area contributed by atoms with Gasteiger partial charge >= 0.3 is 0 Å². The summed E-state index contributed by atoms with van der Waals surface area (Å²) in [7, 11) is 0. The molecule has 0 saturated carbocycles. The molecular formula is C26H29ClN2O2. The van der Waals surface area contributed by atoms with Crippen LogP contribution in [0.2, 0.25) is 0 Å². The highest BCUT2D eigenvalue weighted by Gasteiger charge is 2.43. The Morgan fingerprint density at radius 2 is 1.16 bits per heavy atom. The minimum absolute atomic E-state index is 0.180. The SMILES string of the molecule is OC(CCl)CON1CCN(C(c2ccccc2)(c2ccccc2)c2ccccc2)CC1. The number of piperazine rings is 1. The zero-order valence-corrected chi connectivity index (χ0v) is 18.4. The summed E-state index contributed by atoms with van der Waals surface area (Å²) in [5, 5.41) is 11.7. The van der Waals surface area contributed by atoms with E-state index in [1.54, 1.807) is 0 Å². The number of aliphatic hydroxyl groups is 1. The summed E-state index contributed by atoms with van der Waals surface area (Å²) in [4.78, 5) is 8.33. The van der Waals surface area contributed by atoms with Crippen molar-refractivity contribution in [3.8, 4) is 0 Å². The van der Waals surface area contributed by atoms with Crippen LogP contribution in [-0.4, -0.2) is 59.8 Å². The maximum Gasteiger partial charge on any atom is 0.0973 e. The van der Waals surface area contributed by atoms with E-state index in [-0.39, 0.29) is 12.5 Å². The Hall–Kier alpha value is -2.21. The van der Waals surface area contributed by atoms with Crippen LogP contribution >= 0.6 is 11.6 Å². The van der Waals surface area contributed by atoms with Gasteiger partial charge in [-0.3, -0.25) is 9.74 Å². The first kappa shape index (κ1) is 22.0. The lowest BCUT2D eigenvalue weighted by atomic mass is 9.75. The smallest absolute Gasteiger partial charge is 0.0973 e. The molecule has 31 heavy (non-hydrogen) atoms. The first-order valence-electron chi connectivity index (χ1n) is 10.8. The Balaban J connectivity index is 1.72. The zero-order chi connectivity index (χ0) is 21.5. The molecule has 4 rings (SSSR count). The molecule has 1 saturated heterocycles. The fourth-order valence-corrected chi connectivity index (χ4v) is 4.56. The normalized spacial score (nSPS) is 16.8. The van der Waals surface area contributed by atoms with Gasteiger partial charge in [0.25, 0.3) is 0 Å². The van der Waals surface area contributed by atoms with Gasteiger partial charge in [0.2, 0.25) is 0 Å². The molecule has 0 spiro atoms. The lowest BCUT2D eigenvalue weighted by Gasteiger charge is -2.48. The molecule has 1 N–H and O–H groups in total. The van der Waals surface area contributed by atoms with Crippen LogP contribution in [0.15, 0.2) is 91.0 Å². The maximum atomic E-state index is 9.72. The van der Waals surface area contributed by atoms with Crippen molar-refractivity contribution in [2.24, 2.45) is 0 Å². The number of hydrogen-bond donors (Lipinski definition) is 1. The molecule has 3 aromatic carbocycles. The van der Waals surface area contributed by atoms with Gasteiger partial charge in [0, 0.05) is 26.2 Å². The van der Waals surface area contributed by atoms with Crippen LogP contribution in [0.5, 0.6) is 0 Å². The van der Waals surface area contributed by atoms with Gasteiger partial charge in [0.15, 0.2) is 0 Å². The van der Waals surface area contributed by atoms with Crippen LogP contribution in [-0.2, 0) is 10.4 Å². The number of nitrogens with zero attached hydrogens (tertiary/aromatic N) is 2. The van der Waals surface area contributed by atoms with Crippen molar-refractivity contribution in [3.63, 3.8) is 0 Å². The zero-order valence-electron chi connectivity index (χ0n) is 17.6. The average molecular weight is 437 g/mol. The standard InChI is InChI=1S/C26H29ClN2O2/c27-20-25(30)21-31-29-18-16-28(17-19-29)26(22-10-4-1-5-11-22,23-12-6-2-7-13-23)24-14-8-3-9-15-24/h1-15,25,30H,16-21H2. The second-order valence-corrected chi connectivity index (χ2v) is 8.14. The third-order valence-electron chi connectivity index (χ3n) is 5.92. The van der Waals surface area contributed by atoms with E-state index in [0.717, 1.165) is 26.2 Å². The van der Waals surface area contributed by atoms with E-state index in [1.165, 1.54) is 16.7 Å². The van der Waals surface area contributed by atoms with Crippen LogP contribution in [0.3, 0.4) is 0 Å². The van der Waals surface area contributed by atoms with Gasteiger partial charge in [-0.25, -0.2) is 0 Å². The number of rotatable bonds is 8. The predicted molar refractivity (Wildman–Crippen MR) is 125 cm³/mol. The molecule has 1 aliphatic heterocycles. The number of aliphatic hydroxyl groups excluding tert-OH is 1. The number of hydrogen-bond acceptors (Lipinski definition) is 4. The third kappa shape index (κ3) is 4.69. The number of alkyl halides is 1. The number of hydroxylamine groups is 2. The minimum Gasteiger partial charge on any atom is -0.389 e. The average Bonchev–Trinajstić information content (AvgIpc) is 2.86. The maximum absolute atomic E-state index is 9.72. The van der Waals surface area contributed by atoms with Gasteiger partial charge in [-0.1, -0.05) is 91.0 Å². The van der Waals surface area contributed by atoms with Gasteiger partial charge in [-0.05, 0) is 16.7 Å². The van der Waals surface area contributed by atoms with Crippen molar-refractivity contribution in [2.75, 3.05) is 38.7 Å². The van der Waals surface area contributed by atoms with Crippen molar-refractivity contribution in [1.29, 1.82) is 0 Å². The summed E-state index contributed by atoms with van der Waals surface area (Å²) >= 11 is 5.70. The van der Waals surface area contributed by atoms with Crippen LogP contribution in [0.1, 0.15) is 16.7 Å². The van der Waals surface area contributed by atoms with E-state index >= 15 is 0 Å². The fraction of sp³-hybridized carbons (Fsp3) is 0.308. The summed E-state index contributed by atoms with van der Waals surface area (Å²) in [6.07, 6.45) is -0.642. The van der Waals surface area contributed by atoms with Gasteiger partial charge in [-0.15, -0.1) is 11.6 Å². The second-order valence-electron chi connectivity index (χ2n) is 7.83. The van der Waals surface area contributed by atoms with E-state index < -0.39 is 11.6 Å². The van der Waals surface area contributed by atoms with Crippen molar-refractivity contribution in [2.45, 2.75) is 11.6 Å². The lowest BCUT2D eigenvalue weighted by molar-refractivity contribution is -0.195. The second kappa shape index (κ2) is 10.4. The largest absolute Gasteiger partial charge is 0.389 e. The Morgan fingerprint density at radius 1 is 0.742 bits per heavy atom. The number of benzene rings is 3. The molecule has 3 aromatic rings. The Bertz CT molecular complexity index is 819. The van der Waals surface area contributed by atoms with Crippen molar-refractivity contribution < 1.29 is 9.94 Å². The summed E-state index contributed by atoms with van der Waals surface area (Å²) in [5.41, 5.74) is 3.35. The quantitative estimate of drug-likeness (QED) is 0.425. The predicted octanol–water partition coefficient (Wildman–Crippen LogP) is 4.13. The molecule has 1 fully saturated rings. The van der Waals surface area contributed by atoms with E-state index in [9.17, 15) is 5.11 Å². The Labute approximate surface area is 189 Å². The molecule has 0 radical (unpaired) electrons. The Morgan fingerprint density at radius 3 is 1.55 bits per heavy atom. The summed E-state index contributed by atoms with van der Waals surface area (Å²) in [6.45, 7) is 3.39. The molecule has 1 atom stereocenters. The molecule has 0 bridgehead atoms. The van der Waals surface area contributed by atoms with Crippen molar-refractivity contribution in [3.05, 3.63) is 108 Å². The van der Waals surface area contributed by atoms with Gasteiger partial charge in [0.05, 0.1) is 24.1 Å². The molecule has 0 aliphatic carbocycles. The number of halogens is 1. The lowest BCUT2D eigenvalue weighted by Crippen LogP contribution is -2.56. The fourth-order valence-electron chi connectivity index (χ4n) is 4.47. The molecular weight excluding hydrogens is 408 g/mol. The van der Waals surface area contributed by atoms with Crippen LogP contribution in [0.25, 0.3) is 0 Å². The summed E-state index contributed by atoms with van der Waals surface area (Å²) in [5.74, 6) is 0.180. The molecule has 4 nitrogen and oxygen atoms in total. The van der Waals surface area contributed by atoms with E-state index in [2.05, 4.69) is 95.9 Å². The highest BCUT2D eigenvalue weighted by Crippen LogP contribution is 2.42. The van der Waals surface area contributed by atoms with Gasteiger partial charge in [-0.2, -0.15) is 5.06 Å². The summed E-state index contributed by atoms with van der Waals surface area (Å²) < 4.78 is 0. The molecule has 1 unspecified atom stereocenters. The van der Waals surface area contributed by atoms with Crippen LogP contribution < -0.4 is 0 Å². The monoisotopic (exact) mass is 436 g/mol. The van der Waals surface area contributed by atoms with Crippen molar-refractivity contribution >= 4 is 11.6 Å². The molecule has 1 aliphatic rings. The third-order valence-corrected chi connectivity index (χ3v) is 6.27. The van der Waals surface area contributed by atoms with E-state index in [4.69, 9.17) is 16.4 Å². The molecule has 0 aromatic heterocycles. The van der Waals surface area contributed by atoms with Crippen LogP contribution in [0, 0.1) is 0 Å². The van der Waals surface area contributed by atoms with E-state index in [1.807, 2.05) is 5.06 Å². The van der Waals surface area contributed by atoms with Gasteiger partial charge < -0.3 is 5.11 Å². The van der Waals surface area contributed by atoms with Gasteiger partial charge in [0.1, 0.15) is 0 Å². The topological polar surface area (TPSA) is 35.9 Å². The highest BCUT2D eigenvalue weighted by atomic mass is 35.5. The minimum atomic E-state index is -0.642. The first-order chi connectivity index (χ1) is 15.2. The van der Waals surface area contributed by atoms with Crippen molar-refractivity contribution in [1.82, 2.24) is 9.96 Å². The Kier molecular flexibility index (Phi) is 7.38. The van der Waals surface area contributed by atoms with E-state index in [0.29, 0.717) is 0 Å². The molecule has 1 heterocycles. The van der Waals surface area contributed by atoms with Crippen LogP contribution in [0.4, 0.5) is 0 Å². The molecule has 162 valence electrons. The highest BCUT2D eigenvalue weighted by molar-refractivity contribution is 6.18. The molecule has 5 heteroatoms.